The molecule has 0 spiro atoms. The lowest BCUT2D eigenvalue weighted by molar-refractivity contribution is -0.118. The Labute approximate surface area is 178 Å². The first-order chi connectivity index (χ1) is 15.0. The molecule has 1 aliphatic carbocycles. The van der Waals surface area contributed by atoms with Crippen LogP contribution in [0.1, 0.15) is 34.8 Å². The molecule has 1 amide bonds. The summed E-state index contributed by atoms with van der Waals surface area (Å²) >= 11 is 0. The molecule has 31 heavy (non-hydrogen) atoms. The predicted octanol–water partition coefficient (Wildman–Crippen LogP) is 4.42. The van der Waals surface area contributed by atoms with Gasteiger partial charge in [-0.15, -0.1) is 0 Å². The molecule has 2 N–H and O–H groups in total. The zero-order chi connectivity index (χ0) is 21.7. The fraction of sp³-hybridized carbons (Fsp3) is 0.160. The van der Waals surface area contributed by atoms with Crippen molar-refractivity contribution in [2.45, 2.75) is 18.9 Å². The molecule has 0 aromatic heterocycles. The van der Waals surface area contributed by atoms with Gasteiger partial charge in [0.2, 0.25) is 0 Å². The van der Waals surface area contributed by atoms with Crippen LogP contribution in [-0.4, -0.2) is 27.9 Å². The summed E-state index contributed by atoms with van der Waals surface area (Å²) < 4.78 is 0. The van der Waals surface area contributed by atoms with Gasteiger partial charge in [-0.25, -0.2) is 4.79 Å². The summed E-state index contributed by atoms with van der Waals surface area (Å²) in [4.78, 5) is 39.0. The second kappa shape index (κ2) is 7.09. The normalized spacial score (nSPS) is 18.6. The number of carbonyl (C=O) groups excluding carboxylic acids is 2. The molecule has 2 aliphatic rings. The monoisotopic (exact) mass is 413 g/mol. The number of fused-ring (bicyclic) bond motifs is 1. The Morgan fingerprint density at radius 1 is 0.903 bits per heavy atom. The third kappa shape index (κ3) is 3.17. The van der Waals surface area contributed by atoms with E-state index in [1.807, 2.05) is 42.5 Å². The lowest BCUT2D eigenvalue weighted by Crippen LogP contribution is -2.31. The number of nitrogens with zero attached hydrogens (tertiary/aromatic N) is 1. The molecule has 1 heterocycles. The summed E-state index contributed by atoms with van der Waals surface area (Å²) in [6, 6.07) is 18.5. The summed E-state index contributed by atoms with van der Waals surface area (Å²) in [5, 5.41) is 22.0. The van der Waals surface area contributed by atoms with Crippen molar-refractivity contribution in [3.8, 4) is 0 Å². The number of hydrogen-bond acceptors (Lipinski definition) is 4. The Hall–Kier alpha value is -3.93. The number of Topliss-reactive ketones (excluding diaryl/α,β-unsaturated/α-hetero) is 1. The number of aromatic carboxylic acids is 1. The van der Waals surface area contributed by atoms with E-state index in [0.29, 0.717) is 11.3 Å². The van der Waals surface area contributed by atoms with Crippen LogP contribution in [0, 0.1) is 5.92 Å². The van der Waals surface area contributed by atoms with E-state index in [9.17, 15) is 24.6 Å². The molecule has 3 aromatic carbocycles. The van der Waals surface area contributed by atoms with Crippen LogP contribution in [0.15, 0.2) is 78.1 Å². The van der Waals surface area contributed by atoms with Crippen molar-refractivity contribution in [2.75, 3.05) is 4.90 Å². The first kappa shape index (κ1) is 19.1. The number of carboxylic acids is 1. The summed E-state index contributed by atoms with van der Waals surface area (Å²) in [5.74, 6) is -2.79. The van der Waals surface area contributed by atoms with Crippen LogP contribution in [0.5, 0.6) is 0 Å². The van der Waals surface area contributed by atoms with Crippen LogP contribution in [0.4, 0.5) is 5.69 Å². The van der Waals surface area contributed by atoms with E-state index in [1.54, 1.807) is 12.1 Å². The summed E-state index contributed by atoms with van der Waals surface area (Å²) in [6.45, 7) is 0. The van der Waals surface area contributed by atoms with Crippen LogP contribution in [0.2, 0.25) is 0 Å². The quantitative estimate of drug-likeness (QED) is 0.646. The van der Waals surface area contributed by atoms with Crippen molar-refractivity contribution < 1.29 is 24.6 Å². The second-order valence-electron chi connectivity index (χ2n) is 7.94. The highest BCUT2D eigenvalue weighted by Gasteiger charge is 2.47. The largest absolute Gasteiger partial charge is 0.503 e. The molecule has 1 atom stereocenters. The first-order valence-electron chi connectivity index (χ1n) is 10.1. The second-order valence-corrected chi connectivity index (χ2v) is 7.94. The molecule has 0 radical (unpaired) electrons. The third-order valence-electron chi connectivity index (χ3n) is 5.88. The van der Waals surface area contributed by atoms with E-state index >= 15 is 0 Å². The van der Waals surface area contributed by atoms with Crippen molar-refractivity contribution in [1.82, 2.24) is 0 Å². The van der Waals surface area contributed by atoms with E-state index in [0.717, 1.165) is 23.6 Å². The average molecular weight is 413 g/mol. The highest BCUT2D eigenvalue weighted by atomic mass is 16.4. The molecule has 6 heteroatoms. The number of hydrogen-bond donors (Lipinski definition) is 2. The van der Waals surface area contributed by atoms with Crippen molar-refractivity contribution in [3.63, 3.8) is 0 Å². The Kier molecular flexibility index (Phi) is 4.36. The van der Waals surface area contributed by atoms with Crippen LogP contribution in [0.25, 0.3) is 10.8 Å². The molecule has 154 valence electrons. The lowest BCUT2D eigenvalue weighted by Gasteiger charge is -2.27. The van der Waals surface area contributed by atoms with Crippen LogP contribution < -0.4 is 4.90 Å². The molecule has 3 aromatic rings. The summed E-state index contributed by atoms with van der Waals surface area (Å²) in [5.41, 5.74) is 1.10. The number of benzene rings is 3. The van der Waals surface area contributed by atoms with Crippen molar-refractivity contribution in [2.24, 2.45) is 5.92 Å². The van der Waals surface area contributed by atoms with Gasteiger partial charge in [-0.2, -0.15) is 0 Å². The van der Waals surface area contributed by atoms with Gasteiger partial charge in [0.1, 0.15) is 0 Å². The van der Waals surface area contributed by atoms with Gasteiger partial charge in [-0.3, -0.25) is 14.5 Å². The standard InChI is InChI=1S/C25H19NO5/c27-22(15-9-10-15)20-21(17-11-8-14-4-1-2-5-16(14)12-17)26(24(29)23(20)28)19-7-3-6-18(13-19)25(30)31/h1-8,11-13,15,21,28H,9-10H2,(H,30,31)/t21-/m1/s1. The van der Waals surface area contributed by atoms with E-state index in [2.05, 4.69) is 0 Å². The number of carboxylic acid groups (broad SMARTS) is 1. The Bertz CT molecular complexity index is 1290. The molecule has 0 unspecified atom stereocenters. The molecule has 1 aliphatic heterocycles. The Morgan fingerprint density at radius 3 is 2.35 bits per heavy atom. The van der Waals surface area contributed by atoms with Gasteiger partial charge in [-0.05, 0) is 53.4 Å². The van der Waals surface area contributed by atoms with Gasteiger partial charge in [-0.1, -0.05) is 42.5 Å². The number of aliphatic hydroxyl groups is 1. The molecule has 5 rings (SSSR count). The van der Waals surface area contributed by atoms with Crippen molar-refractivity contribution >= 4 is 34.1 Å². The maximum atomic E-state index is 13.1. The Balaban J connectivity index is 1.69. The fourth-order valence-corrected chi connectivity index (χ4v) is 4.17. The minimum absolute atomic E-state index is 0.0176. The zero-order valence-corrected chi connectivity index (χ0v) is 16.5. The summed E-state index contributed by atoms with van der Waals surface area (Å²) in [6.07, 6.45) is 1.48. The van der Waals surface area contributed by atoms with Gasteiger partial charge in [0, 0.05) is 11.6 Å². The van der Waals surface area contributed by atoms with E-state index in [4.69, 9.17) is 0 Å². The topological polar surface area (TPSA) is 94.9 Å². The number of ketones is 1. The zero-order valence-electron chi connectivity index (χ0n) is 16.5. The number of aliphatic hydroxyl groups excluding tert-OH is 1. The molecular formula is C25H19NO5. The van der Waals surface area contributed by atoms with Gasteiger partial charge >= 0.3 is 5.97 Å². The average Bonchev–Trinajstić information content (AvgIpc) is 3.60. The molecule has 6 nitrogen and oxygen atoms in total. The minimum Gasteiger partial charge on any atom is -0.503 e. The molecule has 1 fully saturated rings. The van der Waals surface area contributed by atoms with Gasteiger partial charge in [0.05, 0.1) is 17.2 Å². The smallest absolute Gasteiger partial charge is 0.335 e. The number of rotatable bonds is 5. The molecular weight excluding hydrogens is 394 g/mol. The number of carbonyl (C=O) groups is 3. The van der Waals surface area contributed by atoms with Crippen LogP contribution in [0.3, 0.4) is 0 Å². The van der Waals surface area contributed by atoms with Crippen molar-refractivity contribution in [1.29, 1.82) is 0 Å². The number of anilines is 1. The maximum absolute atomic E-state index is 13.1. The number of amides is 1. The lowest BCUT2D eigenvalue weighted by atomic mass is 9.92. The minimum atomic E-state index is -1.12. The highest BCUT2D eigenvalue weighted by Crippen LogP contribution is 2.45. The van der Waals surface area contributed by atoms with Gasteiger partial charge < -0.3 is 10.2 Å². The Morgan fingerprint density at radius 2 is 1.65 bits per heavy atom. The van der Waals surface area contributed by atoms with E-state index < -0.39 is 23.7 Å². The highest BCUT2D eigenvalue weighted by molar-refractivity contribution is 6.17. The molecule has 1 saturated carbocycles. The first-order valence-corrected chi connectivity index (χ1v) is 10.1. The van der Waals surface area contributed by atoms with Crippen molar-refractivity contribution in [3.05, 3.63) is 89.2 Å². The SMILES string of the molecule is O=C(O)c1cccc(N2C(=O)C(O)=C(C(=O)C3CC3)[C@H]2c2ccc3ccccc3c2)c1. The van der Waals surface area contributed by atoms with E-state index in [1.165, 1.54) is 17.0 Å². The van der Waals surface area contributed by atoms with Gasteiger partial charge in [0.15, 0.2) is 11.5 Å². The maximum Gasteiger partial charge on any atom is 0.335 e. The predicted molar refractivity (Wildman–Crippen MR) is 115 cm³/mol. The van der Waals surface area contributed by atoms with Gasteiger partial charge in [0.25, 0.3) is 5.91 Å². The fourth-order valence-electron chi connectivity index (χ4n) is 4.17. The molecule has 0 bridgehead atoms. The molecule has 0 saturated heterocycles. The van der Waals surface area contributed by atoms with E-state index in [-0.39, 0.29) is 22.8 Å². The van der Waals surface area contributed by atoms with Crippen LogP contribution in [-0.2, 0) is 9.59 Å². The summed E-state index contributed by atoms with van der Waals surface area (Å²) in [7, 11) is 0. The third-order valence-corrected chi connectivity index (χ3v) is 5.88. The van der Waals surface area contributed by atoms with Crippen LogP contribution >= 0.6 is 0 Å².